The molecule has 4 rings (SSSR count). The van der Waals surface area contributed by atoms with E-state index in [-0.39, 0.29) is 18.0 Å². The Morgan fingerprint density at radius 1 is 1.19 bits per heavy atom. The van der Waals surface area contributed by atoms with Crippen molar-refractivity contribution in [3.63, 3.8) is 0 Å². The van der Waals surface area contributed by atoms with Crippen molar-refractivity contribution in [1.29, 1.82) is 0 Å². The number of hydrogen-bond donors (Lipinski definition) is 0. The maximum absolute atomic E-state index is 13.8. The molecular weight excluding hydrogens is 345 g/mol. The molecule has 0 amide bonds. The SMILES string of the molecule is Cc1ccc(-c2noc(C(C)N3CCOC(c4ccccc4)C3)n2)cc1F. The van der Waals surface area contributed by atoms with Crippen molar-refractivity contribution in [2.75, 3.05) is 19.7 Å². The number of halogens is 1. The predicted molar refractivity (Wildman–Crippen MR) is 99.6 cm³/mol. The smallest absolute Gasteiger partial charge is 0.244 e. The molecule has 27 heavy (non-hydrogen) atoms. The first-order chi connectivity index (χ1) is 13.1. The van der Waals surface area contributed by atoms with E-state index in [1.807, 2.05) is 25.1 Å². The Bertz CT molecular complexity index is 913. The molecule has 0 saturated carbocycles. The highest BCUT2D eigenvalue weighted by molar-refractivity contribution is 5.55. The Labute approximate surface area is 157 Å². The zero-order chi connectivity index (χ0) is 18.8. The monoisotopic (exact) mass is 367 g/mol. The van der Waals surface area contributed by atoms with Gasteiger partial charge in [0.25, 0.3) is 0 Å². The van der Waals surface area contributed by atoms with E-state index in [9.17, 15) is 4.39 Å². The predicted octanol–water partition coefficient (Wildman–Crippen LogP) is 4.32. The van der Waals surface area contributed by atoms with Gasteiger partial charge in [-0.15, -0.1) is 0 Å². The maximum Gasteiger partial charge on any atom is 0.244 e. The van der Waals surface area contributed by atoms with Crippen molar-refractivity contribution in [3.8, 4) is 11.4 Å². The van der Waals surface area contributed by atoms with Crippen LogP contribution in [-0.4, -0.2) is 34.7 Å². The summed E-state index contributed by atoms with van der Waals surface area (Å²) in [7, 11) is 0. The first kappa shape index (κ1) is 17.8. The molecule has 1 aromatic heterocycles. The van der Waals surface area contributed by atoms with E-state index in [4.69, 9.17) is 9.26 Å². The second kappa shape index (κ2) is 7.58. The maximum atomic E-state index is 13.8. The highest BCUT2D eigenvalue weighted by Gasteiger charge is 2.29. The van der Waals surface area contributed by atoms with Gasteiger partial charge in [-0.3, -0.25) is 4.90 Å². The quantitative estimate of drug-likeness (QED) is 0.687. The third-order valence-electron chi connectivity index (χ3n) is 5.05. The molecule has 0 radical (unpaired) electrons. The summed E-state index contributed by atoms with van der Waals surface area (Å²) in [5, 5.41) is 4.04. The molecule has 5 nitrogen and oxygen atoms in total. The summed E-state index contributed by atoms with van der Waals surface area (Å²) in [4.78, 5) is 6.77. The molecular formula is C21H22FN3O2. The van der Waals surface area contributed by atoms with Crippen molar-refractivity contribution >= 4 is 0 Å². The van der Waals surface area contributed by atoms with Crippen LogP contribution in [0.1, 0.15) is 36.1 Å². The van der Waals surface area contributed by atoms with E-state index in [2.05, 4.69) is 27.2 Å². The molecule has 0 aliphatic carbocycles. The Morgan fingerprint density at radius 3 is 2.78 bits per heavy atom. The number of aromatic nitrogens is 2. The van der Waals surface area contributed by atoms with E-state index in [1.54, 1.807) is 19.1 Å². The molecule has 1 aliphatic rings. The van der Waals surface area contributed by atoms with Crippen LogP contribution < -0.4 is 0 Å². The molecule has 0 bridgehead atoms. The second-order valence-electron chi connectivity index (χ2n) is 6.86. The summed E-state index contributed by atoms with van der Waals surface area (Å²) in [6, 6.07) is 15.1. The Kier molecular flexibility index (Phi) is 5.01. The van der Waals surface area contributed by atoms with Crippen LogP contribution in [0.5, 0.6) is 0 Å². The van der Waals surface area contributed by atoms with Gasteiger partial charge in [0, 0.05) is 18.7 Å². The Morgan fingerprint density at radius 2 is 2.00 bits per heavy atom. The lowest BCUT2D eigenvalue weighted by Gasteiger charge is -2.35. The number of nitrogens with zero attached hydrogens (tertiary/aromatic N) is 3. The third kappa shape index (κ3) is 3.77. The highest BCUT2D eigenvalue weighted by atomic mass is 19.1. The summed E-state index contributed by atoms with van der Waals surface area (Å²) in [5.74, 6) is 0.661. The van der Waals surface area contributed by atoms with Crippen molar-refractivity contribution in [2.45, 2.75) is 26.0 Å². The largest absolute Gasteiger partial charge is 0.371 e. The van der Waals surface area contributed by atoms with Crippen LogP contribution in [-0.2, 0) is 4.74 Å². The fraction of sp³-hybridized carbons (Fsp3) is 0.333. The fourth-order valence-electron chi connectivity index (χ4n) is 3.30. The van der Waals surface area contributed by atoms with E-state index in [0.717, 1.165) is 18.7 Å². The number of benzene rings is 2. The van der Waals surface area contributed by atoms with Crippen LogP contribution in [0.3, 0.4) is 0 Å². The van der Waals surface area contributed by atoms with Crippen molar-refractivity contribution in [3.05, 3.63) is 71.4 Å². The summed E-state index contributed by atoms with van der Waals surface area (Å²) < 4.78 is 25.2. The lowest BCUT2D eigenvalue weighted by molar-refractivity contribution is -0.0469. The Balaban J connectivity index is 1.50. The highest BCUT2D eigenvalue weighted by Crippen LogP contribution is 2.29. The molecule has 1 saturated heterocycles. The van der Waals surface area contributed by atoms with Crippen molar-refractivity contribution in [1.82, 2.24) is 15.0 Å². The van der Waals surface area contributed by atoms with Gasteiger partial charge in [0.15, 0.2) is 0 Å². The molecule has 2 aromatic carbocycles. The van der Waals surface area contributed by atoms with E-state index in [0.29, 0.717) is 29.4 Å². The average molecular weight is 367 g/mol. The van der Waals surface area contributed by atoms with Crippen molar-refractivity contribution < 1.29 is 13.7 Å². The van der Waals surface area contributed by atoms with E-state index >= 15 is 0 Å². The van der Waals surface area contributed by atoms with E-state index in [1.165, 1.54) is 6.07 Å². The number of hydrogen-bond acceptors (Lipinski definition) is 5. The topological polar surface area (TPSA) is 51.4 Å². The minimum Gasteiger partial charge on any atom is -0.371 e. The summed E-state index contributed by atoms with van der Waals surface area (Å²) in [6.07, 6.45) is 0.0241. The zero-order valence-electron chi connectivity index (χ0n) is 15.4. The standard InChI is InChI=1S/C21H22FN3O2/c1-14-8-9-17(12-18(14)22)20-23-21(27-24-20)15(2)25-10-11-26-19(13-25)16-6-4-3-5-7-16/h3-9,12,15,19H,10-11,13H2,1-2H3. The minimum absolute atomic E-state index is 0.0241. The minimum atomic E-state index is -0.272. The van der Waals surface area contributed by atoms with Crippen LogP contribution in [0.2, 0.25) is 0 Å². The average Bonchev–Trinajstić information content (AvgIpc) is 3.20. The first-order valence-corrected chi connectivity index (χ1v) is 9.12. The van der Waals surface area contributed by atoms with Crippen molar-refractivity contribution in [2.24, 2.45) is 0 Å². The van der Waals surface area contributed by atoms with Crippen LogP contribution >= 0.6 is 0 Å². The summed E-state index contributed by atoms with van der Waals surface area (Å²) >= 11 is 0. The molecule has 140 valence electrons. The normalized spacial score (nSPS) is 19.1. The van der Waals surface area contributed by atoms with Gasteiger partial charge in [-0.25, -0.2) is 4.39 Å². The van der Waals surface area contributed by atoms with Crippen LogP contribution in [0.15, 0.2) is 53.1 Å². The molecule has 2 unspecified atom stereocenters. The number of ether oxygens (including phenoxy) is 1. The van der Waals surface area contributed by atoms with Gasteiger partial charge in [-0.05, 0) is 31.0 Å². The first-order valence-electron chi connectivity index (χ1n) is 9.12. The molecule has 2 heterocycles. The lowest BCUT2D eigenvalue weighted by atomic mass is 10.1. The molecule has 6 heteroatoms. The third-order valence-corrected chi connectivity index (χ3v) is 5.05. The summed E-state index contributed by atoms with van der Waals surface area (Å²) in [6.45, 7) is 5.96. The van der Waals surface area contributed by atoms with Gasteiger partial charge < -0.3 is 9.26 Å². The molecule has 0 spiro atoms. The van der Waals surface area contributed by atoms with Gasteiger partial charge in [-0.1, -0.05) is 47.6 Å². The zero-order valence-corrected chi connectivity index (χ0v) is 15.4. The Hall–Kier alpha value is -2.57. The lowest BCUT2D eigenvalue weighted by Crippen LogP contribution is -2.39. The number of aryl methyl sites for hydroxylation is 1. The molecule has 1 aliphatic heterocycles. The number of morpholine rings is 1. The van der Waals surface area contributed by atoms with Gasteiger partial charge in [0.1, 0.15) is 5.82 Å². The van der Waals surface area contributed by atoms with Crippen LogP contribution in [0.25, 0.3) is 11.4 Å². The van der Waals surface area contributed by atoms with Gasteiger partial charge in [0.05, 0.1) is 18.8 Å². The van der Waals surface area contributed by atoms with Gasteiger partial charge in [-0.2, -0.15) is 4.98 Å². The molecule has 2 atom stereocenters. The fourth-order valence-corrected chi connectivity index (χ4v) is 3.30. The molecule has 1 fully saturated rings. The summed E-state index contributed by atoms with van der Waals surface area (Å²) in [5.41, 5.74) is 2.37. The van der Waals surface area contributed by atoms with Gasteiger partial charge in [0.2, 0.25) is 11.7 Å². The number of rotatable bonds is 4. The van der Waals surface area contributed by atoms with Crippen LogP contribution in [0.4, 0.5) is 4.39 Å². The van der Waals surface area contributed by atoms with Gasteiger partial charge >= 0.3 is 0 Å². The van der Waals surface area contributed by atoms with Crippen LogP contribution in [0, 0.1) is 12.7 Å². The van der Waals surface area contributed by atoms with E-state index < -0.39 is 0 Å². The second-order valence-corrected chi connectivity index (χ2v) is 6.86. The molecule has 0 N–H and O–H groups in total. The molecule has 3 aromatic rings.